The highest BCUT2D eigenvalue weighted by atomic mass is 32.2. The Morgan fingerprint density at radius 1 is 1.60 bits per heavy atom. The topological polar surface area (TPSA) is 37.8 Å². The molecule has 1 saturated carbocycles. The zero-order valence-electron chi connectivity index (χ0n) is 9.19. The molecule has 1 fully saturated rings. The van der Waals surface area contributed by atoms with E-state index >= 15 is 0 Å². The Balaban J connectivity index is 1.77. The summed E-state index contributed by atoms with van der Waals surface area (Å²) >= 11 is 3.39. The van der Waals surface area contributed by atoms with Gasteiger partial charge in [-0.05, 0) is 30.8 Å². The van der Waals surface area contributed by atoms with Crippen LogP contribution >= 0.6 is 23.3 Å². The fourth-order valence-corrected chi connectivity index (χ4v) is 2.76. The summed E-state index contributed by atoms with van der Waals surface area (Å²) in [5.74, 6) is 3.61. The van der Waals surface area contributed by atoms with Gasteiger partial charge in [0, 0.05) is 24.0 Å². The van der Waals surface area contributed by atoms with Gasteiger partial charge >= 0.3 is 0 Å². The van der Waals surface area contributed by atoms with Crippen molar-refractivity contribution in [2.45, 2.75) is 25.7 Å². The van der Waals surface area contributed by atoms with Crippen molar-refractivity contribution in [3.63, 3.8) is 0 Å². The molecule has 0 aromatic carbocycles. The lowest BCUT2D eigenvalue weighted by molar-refractivity contribution is 0.701. The van der Waals surface area contributed by atoms with Crippen molar-refractivity contribution in [3.8, 4) is 0 Å². The van der Waals surface area contributed by atoms with Crippen LogP contribution in [0.2, 0.25) is 0 Å². The van der Waals surface area contributed by atoms with Crippen molar-refractivity contribution < 1.29 is 0 Å². The van der Waals surface area contributed by atoms with E-state index in [9.17, 15) is 0 Å². The number of aromatic nitrogens is 2. The van der Waals surface area contributed by atoms with Crippen molar-refractivity contribution in [2.75, 3.05) is 23.9 Å². The molecule has 0 saturated heterocycles. The highest BCUT2D eigenvalue weighted by Crippen LogP contribution is 2.39. The van der Waals surface area contributed by atoms with Crippen LogP contribution in [-0.4, -0.2) is 27.9 Å². The van der Waals surface area contributed by atoms with Gasteiger partial charge in [-0.2, -0.15) is 16.1 Å². The molecular weight excluding hydrogens is 226 g/mol. The monoisotopic (exact) mass is 243 g/mol. The molecule has 1 unspecified atom stereocenters. The Kier molecular flexibility index (Phi) is 3.86. The molecule has 1 N–H and O–H groups in total. The van der Waals surface area contributed by atoms with E-state index in [0.29, 0.717) is 11.8 Å². The van der Waals surface area contributed by atoms with Gasteiger partial charge in [0.15, 0.2) is 0 Å². The van der Waals surface area contributed by atoms with E-state index in [0.717, 1.165) is 17.5 Å². The Bertz CT molecular complexity index is 309. The Hall–Kier alpha value is -0.290. The number of hydrogen-bond donors (Lipinski definition) is 1. The van der Waals surface area contributed by atoms with Crippen LogP contribution in [0.4, 0.5) is 5.13 Å². The van der Waals surface area contributed by atoms with Crippen molar-refractivity contribution in [1.82, 2.24) is 9.36 Å². The van der Waals surface area contributed by atoms with Gasteiger partial charge in [0.1, 0.15) is 5.82 Å². The SMILES string of the molecule is CSCC(C)CNc1nc(C2CC2)ns1. The van der Waals surface area contributed by atoms with Gasteiger partial charge in [0.25, 0.3) is 0 Å². The molecule has 0 aliphatic heterocycles. The summed E-state index contributed by atoms with van der Waals surface area (Å²) < 4.78 is 4.36. The third-order valence-electron chi connectivity index (χ3n) is 2.44. The highest BCUT2D eigenvalue weighted by Gasteiger charge is 2.27. The number of rotatable bonds is 6. The zero-order valence-corrected chi connectivity index (χ0v) is 10.8. The van der Waals surface area contributed by atoms with Crippen LogP contribution < -0.4 is 5.32 Å². The molecule has 1 atom stereocenters. The summed E-state index contributed by atoms with van der Waals surface area (Å²) in [4.78, 5) is 4.49. The van der Waals surface area contributed by atoms with Crippen LogP contribution in [0.15, 0.2) is 0 Å². The molecule has 3 nitrogen and oxygen atoms in total. The standard InChI is InChI=1S/C10H17N3S2/c1-7(6-14-2)5-11-10-12-9(13-15-10)8-3-4-8/h7-8H,3-6H2,1-2H3,(H,11,12,13). The number of anilines is 1. The van der Waals surface area contributed by atoms with Gasteiger partial charge in [-0.1, -0.05) is 6.92 Å². The van der Waals surface area contributed by atoms with Crippen LogP contribution in [0.25, 0.3) is 0 Å². The van der Waals surface area contributed by atoms with Crippen LogP contribution in [0.1, 0.15) is 31.5 Å². The van der Waals surface area contributed by atoms with E-state index < -0.39 is 0 Å². The molecule has 5 heteroatoms. The molecule has 1 heterocycles. The molecule has 2 rings (SSSR count). The molecule has 84 valence electrons. The zero-order chi connectivity index (χ0) is 10.7. The van der Waals surface area contributed by atoms with Gasteiger partial charge in [0.2, 0.25) is 5.13 Å². The molecule has 0 radical (unpaired) electrons. The second kappa shape index (κ2) is 5.16. The molecule has 1 aliphatic carbocycles. The van der Waals surface area contributed by atoms with E-state index in [1.165, 1.54) is 30.1 Å². The first kappa shape index (κ1) is 11.2. The largest absolute Gasteiger partial charge is 0.360 e. The van der Waals surface area contributed by atoms with E-state index in [4.69, 9.17) is 0 Å². The second-order valence-electron chi connectivity index (χ2n) is 4.17. The first-order valence-corrected chi connectivity index (χ1v) is 7.52. The molecule has 0 spiro atoms. The van der Waals surface area contributed by atoms with E-state index in [1.807, 2.05) is 11.8 Å². The minimum Gasteiger partial charge on any atom is -0.360 e. The normalized spacial score (nSPS) is 17.7. The third kappa shape index (κ3) is 3.34. The molecular formula is C10H17N3S2. The van der Waals surface area contributed by atoms with Crippen molar-refractivity contribution >= 4 is 28.4 Å². The predicted molar refractivity (Wildman–Crippen MR) is 67.9 cm³/mol. The summed E-state index contributed by atoms with van der Waals surface area (Å²) in [6.45, 7) is 3.26. The average molecular weight is 243 g/mol. The van der Waals surface area contributed by atoms with Crippen molar-refractivity contribution in [2.24, 2.45) is 5.92 Å². The van der Waals surface area contributed by atoms with Crippen LogP contribution in [0, 0.1) is 5.92 Å². The second-order valence-corrected chi connectivity index (χ2v) is 5.84. The quantitative estimate of drug-likeness (QED) is 0.833. The fraction of sp³-hybridized carbons (Fsp3) is 0.800. The Morgan fingerprint density at radius 2 is 2.40 bits per heavy atom. The minimum absolute atomic E-state index is 0.667. The van der Waals surface area contributed by atoms with Crippen molar-refractivity contribution in [3.05, 3.63) is 5.82 Å². The van der Waals surface area contributed by atoms with Gasteiger partial charge in [-0.15, -0.1) is 0 Å². The summed E-state index contributed by atoms with van der Waals surface area (Å²) in [6.07, 6.45) is 4.70. The van der Waals surface area contributed by atoms with Crippen LogP contribution in [0.3, 0.4) is 0 Å². The highest BCUT2D eigenvalue weighted by molar-refractivity contribution is 7.98. The van der Waals surface area contributed by atoms with E-state index in [-0.39, 0.29) is 0 Å². The van der Waals surface area contributed by atoms with E-state index in [1.54, 1.807) is 0 Å². The predicted octanol–water partition coefficient (Wildman–Crippen LogP) is 2.83. The fourth-order valence-electron chi connectivity index (χ4n) is 1.42. The van der Waals surface area contributed by atoms with Gasteiger partial charge < -0.3 is 5.32 Å². The number of thioether (sulfide) groups is 1. The first-order valence-electron chi connectivity index (χ1n) is 5.36. The maximum atomic E-state index is 4.49. The van der Waals surface area contributed by atoms with Crippen molar-refractivity contribution in [1.29, 1.82) is 0 Å². The summed E-state index contributed by atoms with van der Waals surface area (Å²) in [5, 5.41) is 4.35. The average Bonchev–Trinajstić information content (AvgIpc) is 2.96. The van der Waals surface area contributed by atoms with Gasteiger partial charge in [-0.3, -0.25) is 0 Å². The summed E-state index contributed by atoms with van der Waals surface area (Å²) in [6, 6.07) is 0. The van der Waals surface area contributed by atoms with Gasteiger partial charge in [0.05, 0.1) is 0 Å². The smallest absolute Gasteiger partial charge is 0.202 e. The minimum atomic E-state index is 0.667. The van der Waals surface area contributed by atoms with Crippen LogP contribution in [-0.2, 0) is 0 Å². The third-order valence-corrected chi connectivity index (χ3v) is 4.03. The lowest BCUT2D eigenvalue weighted by atomic mass is 10.2. The number of nitrogens with one attached hydrogen (secondary N) is 1. The number of hydrogen-bond acceptors (Lipinski definition) is 5. The molecule has 1 aliphatic rings. The molecule has 1 aromatic rings. The Morgan fingerprint density at radius 3 is 3.07 bits per heavy atom. The first-order chi connectivity index (χ1) is 7.29. The maximum absolute atomic E-state index is 4.49. The molecule has 0 bridgehead atoms. The summed E-state index contributed by atoms with van der Waals surface area (Å²) in [7, 11) is 0. The van der Waals surface area contributed by atoms with Gasteiger partial charge in [-0.25, -0.2) is 4.98 Å². The lowest BCUT2D eigenvalue weighted by Gasteiger charge is -2.09. The van der Waals surface area contributed by atoms with Crippen LogP contribution in [0.5, 0.6) is 0 Å². The maximum Gasteiger partial charge on any atom is 0.202 e. The molecule has 0 amide bonds. The van der Waals surface area contributed by atoms with E-state index in [2.05, 4.69) is 27.9 Å². The molecule has 15 heavy (non-hydrogen) atoms. The summed E-state index contributed by atoms with van der Waals surface area (Å²) in [5.41, 5.74) is 0. The number of nitrogens with zero attached hydrogens (tertiary/aromatic N) is 2. The Labute approximate surface area is 99.2 Å². The molecule has 1 aromatic heterocycles. The lowest BCUT2D eigenvalue weighted by Crippen LogP contribution is -2.13.